The van der Waals surface area contributed by atoms with Crippen LogP contribution in [0.25, 0.3) is 5.69 Å². The Bertz CT molecular complexity index is 1330. The molecule has 1 atom stereocenters. The van der Waals surface area contributed by atoms with E-state index in [1.165, 1.54) is 7.05 Å². The number of halogens is 3. The summed E-state index contributed by atoms with van der Waals surface area (Å²) in [5.41, 5.74) is -2.62. The zero-order chi connectivity index (χ0) is 24.3. The van der Waals surface area contributed by atoms with Gasteiger partial charge < -0.3 is 14.4 Å². The number of alkyl halides is 3. The number of hydrogen-bond donors (Lipinski definition) is 1. The highest BCUT2D eigenvalue weighted by Gasteiger charge is 2.31. The first-order valence-corrected chi connectivity index (χ1v) is 10.6. The third kappa shape index (κ3) is 5.65. The van der Waals surface area contributed by atoms with Crippen molar-refractivity contribution in [3.8, 4) is 5.69 Å². The first-order valence-electron chi connectivity index (χ1n) is 9.39. The molecule has 1 N–H and O–H groups in total. The fraction of sp³-hybridized carbons (Fsp3) is 0.190. The van der Waals surface area contributed by atoms with Crippen molar-refractivity contribution < 1.29 is 26.7 Å². The second-order valence-corrected chi connectivity index (χ2v) is 7.97. The van der Waals surface area contributed by atoms with Crippen molar-refractivity contribution in [2.75, 3.05) is 0 Å². The van der Waals surface area contributed by atoms with Gasteiger partial charge in [0.2, 0.25) is 0 Å². The summed E-state index contributed by atoms with van der Waals surface area (Å²) in [5, 5.41) is 2.51. The molecule has 174 valence electrons. The number of carbonyl (C=O) groups excluding carboxylic acids is 1. The fourth-order valence-electron chi connectivity index (χ4n) is 3.04. The molecule has 0 bridgehead atoms. The summed E-state index contributed by atoms with van der Waals surface area (Å²) in [5.74, 6) is -0.985. The number of carbonyl (C=O) groups is 1. The predicted octanol–water partition coefficient (Wildman–Crippen LogP) is 1.86. The molecule has 0 saturated heterocycles. The summed E-state index contributed by atoms with van der Waals surface area (Å²) in [4.78, 5) is 38.0. The zero-order valence-corrected chi connectivity index (χ0v) is 17.9. The van der Waals surface area contributed by atoms with Gasteiger partial charge in [-0.15, -0.1) is 0 Å². The largest absolute Gasteiger partial charge is 0.772 e. The molecule has 2 aromatic carbocycles. The van der Waals surface area contributed by atoms with Crippen LogP contribution in [0.3, 0.4) is 0 Å². The van der Waals surface area contributed by atoms with Crippen LogP contribution in [0.1, 0.15) is 27.0 Å². The van der Waals surface area contributed by atoms with Crippen molar-refractivity contribution in [1.82, 2.24) is 14.5 Å². The minimum absolute atomic E-state index is 0.00851. The standard InChI is InChI=1S/C21H18F3N3O5S/c1-26-11-17(18(28)25-10-13-5-7-14(8-6-13)12-33(31)32)19(29)27(20(26)30)16-4-2-3-15(9-16)21(22,23)24/h2-9,11H,10,12H2,1H3,(H,25,28)(H,31,32)/p-1. The van der Waals surface area contributed by atoms with Crippen LogP contribution >= 0.6 is 0 Å². The molecule has 0 fully saturated rings. The van der Waals surface area contributed by atoms with E-state index in [1.807, 2.05) is 0 Å². The number of rotatable bonds is 6. The Morgan fingerprint density at radius 2 is 1.73 bits per heavy atom. The lowest BCUT2D eigenvalue weighted by molar-refractivity contribution is -0.137. The Morgan fingerprint density at radius 1 is 1.09 bits per heavy atom. The minimum Gasteiger partial charge on any atom is -0.772 e. The van der Waals surface area contributed by atoms with Crippen molar-refractivity contribution in [2.24, 2.45) is 7.05 Å². The molecule has 8 nitrogen and oxygen atoms in total. The zero-order valence-electron chi connectivity index (χ0n) is 17.1. The number of aryl methyl sites for hydroxylation is 1. The molecule has 1 heterocycles. The van der Waals surface area contributed by atoms with Gasteiger partial charge in [0.1, 0.15) is 5.56 Å². The summed E-state index contributed by atoms with van der Waals surface area (Å²) in [6, 6.07) is 10.0. The van der Waals surface area contributed by atoms with Crippen LogP contribution in [-0.2, 0) is 36.6 Å². The number of hydrogen-bond acceptors (Lipinski definition) is 5. The first kappa shape index (κ1) is 24.1. The molecule has 1 aromatic heterocycles. The second-order valence-electron chi connectivity index (χ2n) is 7.07. The second kappa shape index (κ2) is 9.55. The molecule has 12 heteroatoms. The van der Waals surface area contributed by atoms with Crippen LogP contribution in [0.15, 0.2) is 64.3 Å². The van der Waals surface area contributed by atoms with E-state index in [2.05, 4.69) is 5.32 Å². The molecule has 3 rings (SSSR count). The topological polar surface area (TPSA) is 113 Å². The van der Waals surface area contributed by atoms with Gasteiger partial charge in [0, 0.05) is 25.5 Å². The van der Waals surface area contributed by atoms with Gasteiger partial charge in [0.25, 0.3) is 11.5 Å². The lowest BCUT2D eigenvalue weighted by Gasteiger charge is -2.13. The number of nitrogens with zero attached hydrogens (tertiary/aromatic N) is 2. The molecular weight excluding hydrogens is 463 g/mol. The van der Waals surface area contributed by atoms with Crippen molar-refractivity contribution in [1.29, 1.82) is 0 Å². The third-order valence-corrected chi connectivity index (χ3v) is 5.26. The molecule has 0 spiro atoms. The molecule has 3 aromatic rings. The smallest absolute Gasteiger partial charge is 0.416 e. The van der Waals surface area contributed by atoms with Gasteiger partial charge in [-0.3, -0.25) is 13.8 Å². The van der Waals surface area contributed by atoms with E-state index in [1.54, 1.807) is 24.3 Å². The average molecular weight is 480 g/mol. The van der Waals surface area contributed by atoms with E-state index in [0.29, 0.717) is 21.8 Å². The predicted molar refractivity (Wildman–Crippen MR) is 113 cm³/mol. The van der Waals surface area contributed by atoms with E-state index in [9.17, 15) is 36.3 Å². The van der Waals surface area contributed by atoms with Gasteiger partial charge in [0.15, 0.2) is 0 Å². The normalized spacial score (nSPS) is 12.4. The third-order valence-electron chi connectivity index (χ3n) is 4.69. The molecule has 33 heavy (non-hydrogen) atoms. The Balaban J connectivity index is 1.90. The van der Waals surface area contributed by atoms with Crippen LogP contribution in [0.5, 0.6) is 0 Å². The Labute approximate surface area is 187 Å². The van der Waals surface area contributed by atoms with E-state index in [4.69, 9.17) is 0 Å². The fourth-order valence-corrected chi connectivity index (χ4v) is 3.51. The Hall–Kier alpha value is -3.51. The van der Waals surface area contributed by atoms with E-state index >= 15 is 0 Å². The van der Waals surface area contributed by atoms with Gasteiger partial charge in [-0.1, -0.05) is 41.4 Å². The maximum absolute atomic E-state index is 13.1. The lowest BCUT2D eigenvalue weighted by atomic mass is 10.1. The molecule has 0 aliphatic heterocycles. The molecule has 0 saturated carbocycles. The van der Waals surface area contributed by atoms with Crippen LogP contribution in [0, 0.1) is 0 Å². The summed E-state index contributed by atoms with van der Waals surface area (Å²) in [6.45, 7) is -0.00851. The number of benzene rings is 2. The van der Waals surface area contributed by atoms with Crippen LogP contribution in [0.2, 0.25) is 0 Å². The van der Waals surface area contributed by atoms with Crippen molar-refractivity contribution >= 4 is 17.0 Å². The van der Waals surface area contributed by atoms with Gasteiger partial charge >= 0.3 is 11.9 Å². The number of aromatic nitrogens is 2. The molecule has 1 unspecified atom stereocenters. The lowest BCUT2D eigenvalue weighted by Crippen LogP contribution is -2.42. The quantitative estimate of drug-likeness (QED) is 0.541. The van der Waals surface area contributed by atoms with Crippen LogP contribution in [-0.4, -0.2) is 23.8 Å². The molecular formula is C21H17F3N3O5S-. The molecule has 0 aliphatic carbocycles. The van der Waals surface area contributed by atoms with E-state index < -0.39 is 45.5 Å². The summed E-state index contributed by atoms with van der Waals surface area (Å²) >= 11 is -2.24. The van der Waals surface area contributed by atoms with Crippen molar-refractivity contribution in [3.05, 3.63) is 97.8 Å². The van der Waals surface area contributed by atoms with Crippen molar-refractivity contribution in [2.45, 2.75) is 18.5 Å². The summed E-state index contributed by atoms with van der Waals surface area (Å²) < 4.78 is 62.1. The highest BCUT2D eigenvalue weighted by molar-refractivity contribution is 7.78. The van der Waals surface area contributed by atoms with Gasteiger partial charge in [-0.05, 0) is 29.3 Å². The highest BCUT2D eigenvalue weighted by Crippen LogP contribution is 2.29. The molecule has 1 amide bonds. The summed E-state index contributed by atoms with van der Waals surface area (Å²) in [6.07, 6.45) is -3.67. The Kier molecular flexibility index (Phi) is 6.98. The van der Waals surface area contributed by atoms with Gasteiger partial charge in [0.05, 0.1) is 11.3 Å². The Morgan fingerprint density at radius 3 is 2.33 bits per heavy atom. The van der Waals surface area contributed by atoms with Crippen molar-refractivity contribution in [3.63, 3.8) is 0 Å². The highest BCUT2D eigenvalue weighted by atomic mass is 32.2. The average Bonchev–Trinajstić information content (AvgIpc) is 2.75. The van der Waals surface area contributed by atoms with Crippen LogP contribution < -0.4 is 16.6 Å². The molecule has 0 aliphatic rings. The monoisotopic (exact) mass is 480 g/mol. The minimum atomic E-state index is -4.68. The van der Waals surface area contributed by atoms with Gasteiger partial charge in [-0.2, -0.15) is 13.2 Å². The number of amides is 1. The van der Waals surface area contributed by atoms with E-state index in [0.717, 1.165) is 29.0 Å². The van der Waals surface area contributed by atoms with E-state index in [-0.39, 0.29) is 18.0 Å². The maximum atomic E-state index is 13.1. The summed E-state index contributed by atoms with van der Waals surface area (Å²) in [7, 11) is 1.27. The molecule has 0 radical (unpaired) electrons. The van der Waals surface area contributed by atoms with Crippen LogP contribution in [0.4, 0.5) is 13.2 Å². The maximum Gasteiger partial charge on any atom is 0.416 e. The first-order chi connectivity index (χ1) is 15.5. The van der Waals surface area contributed by atoms with Gasteiger partial charge in [-0.25, -0.2) is 9.36 Å². The SMILES string of the molecule is Cn1cc(C(=O)NCc2ccc(CS(=O)[O-])cc2)c(=O)n(-c2cccc(C(F)(F)F)c2)c1=O. The number of nitrogens with one attached hydrogen (secondary N) is 1.